The molecule has 0 bridgehead atoms. The third-order valence-electron chi connectivity index (χ3n) is 5.37. The summed E-state index contributed by atoms with van der Waals surface area (Å²) in [4.78, 5) is 29.0. The molecule has 0 aliphatic carbocycles. The molecule has 0 spiro atoms. The monoisotopic (exact) mass is 396 g/mol. The first-order valence-electron chi connectivity index (χ1n) is 9.57. The second-order valence-corrected chi connectivity index (χ2v) is 8.34. The maximum absolute atomic E-state index is 12.9. The molecule has 3 aromatic rings. The summed E-state index contributed by atoms with van der Waals surface area (Å²) in [6.45, 7) is 3.75. The van der Waals surface area contributed by atoms with Crippen molar-refractivity contribution in [2.24, 2.45) is 13.0 Å². The topological polar surface area (TPSA) is 67.2 Å². The Labute approximate surface area is 168 Å². The van der Waals surface area contributed by atoms with Gasteiger partial charge in [-0.3, -0.25) is 14.3 Å². The molecular formula is C21H24N4O2S. The molecule has 146 valence electrons. The number of fused-ring (bicyclic) bond motifs is 1. The summed E-state index contributed by atoms with van der Waals surface area (Å²) < 4.78 is 1.83. The summed E-state index contributed by atoms with van der Waals surface area (Å²) in [5, 5.41) is 8.46. The zero-order valence-corrected chi connectivity index (χ0v) is 17.0. The minimum absolute atomic E-state index is 0.0263. The summed E-state index contributed by atoms with van der Waals surface area (Å²) >= 11 is 1.49. The number of aryl methyl sites for hydroxylation is 2. The highest BCUT2D eigenvalue weighted by molar-refractivity contribution is 7.20. The Hall–Kier alpha value is -2.67. The number of piperidine rings is 1. The second-order valence-electron chi connectivity index (χ2n) is 7.31. The maximum atomic E-state index is 12.9. The van der Waals surface area contributed by atoms with Crippen LogP contribution in [0.15, 0.2) is 36.4 Å². The molecule has 7 heteroatoms. The number of rotatable bonds is 4. The number of hydrogen-bond acceptors (Lipinski definition) is 4. The second kappa shape index (κ2) is 7.75. The fraction of sp³-hybridized carbons (Fsp3) is 0.381. The molecule has 2 amide bonds. The molecule has 1 N–H and O–H groups in total. The zero-order valence-electron chi connectivity index (χ0n) is 16.1. The third-order valence-corrected chi connectivity index (χ3v) is 6.56. The predicted octanol–water partition coefficient (Wildman–Crippen LogP) is 3.11. The number of carbonyl (C=O) groups excluding carboxylic acids is 2. The van der Waals surface area contributed by atoms with Gasteiger partial charge in [-0.15, -0.1) is 11.3 Å². The van der Waals surface area contributed by atoms with E-state index in [4.69, 9.17) is 0 Å². The first kappa shape index (κ1) is 18.7. The molecule has 6 nitrogen and oxygen atoms in total. The third kappa shape index (κ3) is 3.67. The number of carbonyl (C=O) groups is 2. The molecule has 3 heterocycles. The highest BCUT2D eigenvalue weighted by Gasteiger charge is 2.28. The molecule has 2 aromatic heterocycles. The number of benzene rings is 1. The standard InChI is InChI=1S/C21H24N4O2S/c1-14-17-12-18(28-21(17)24(2)23-14)20(27)25-10-8-16(9-11-25)19(26)22-13-15-6-4-3-5-7-15/h3-7,12,16H,8-11,13H2,1-2H3,(H,22,26). The lowest BCUT2D eigenvalue weighted by Gasteiger charge is -2.31. The largest absolute Gasteiger partial charge is 0.352 e. The van der Waals surface area contributed by atoms with Crippen molar-refractivity contribution < 1.29 is 9.59 Å². The Morgan fingerprint density at radius 1 is 1.21 bits per heavy atom. The van der Waals surface area contributed by atoms with E-state index >= 15 is 0 Å². The van der Waals surface area contributed by atoms with Crippen molar-refractivity contribution in [2.45, 2.75) is 26.3 Å². The van der Waals surface area contributed by atoms with E-state index in [9.17, 15) is 9.59 Å². The number of thiophene rings is 1. The molecule has 1 aliphatic rings. The van der Waals surface area contributed by atoms with Gasteiger partial charge in [-0.25, -0.2) is 0 Å². The molecule has 4 rings (SSSR count). The Bertz CT molecular complexity index is 966. The van der Waals surface area contributed by atoms with E-state index in [0.29, 0.717) is 32.5 Å². The van der Waals surface area contributed by atoms with Crippen molar-refractivity contribution in [3.05, 3.63) is 52.5 Å². The molecule has 0 unspecified atom stereocenters. The summed E-state index contributed by atoms with van der Waals surface area (Å²) in [5.41, 5.74) is 2.04. The van der Waals surface area contributed by atoms with Gasteiger partial charge in [-0.1, -0.05) is 30.3 Å². The number of nitrogens with zero attached hydrogens (tertiary/aromatic N) is 3. The average molecular weight is 397 g/mol. The number of likely N-dealkylation sites (tertiary alicyclic amines) is 1. The first-order chi connectivity index (χ1) is 13.5. The summed E-state index contributed by atoms with van der Waals surface area (Å²) in [6.07, 6.45) is 1.41. The van der Waals surface area contributed by atoms with Crippen LogP contribution in [0.1, 0.15) is 33.8 Å². The van der Waals surface area contributed by atoms with Crippen molar-refractivity contribution in [2.75, 3.05) is 13.1 Å². The quantitative estimate of drug-likeness (QED) is 0.737. The lowest BCUT2D eigenvalue weighted by molar-refractivity contribution is -0.126. The number of amides is 2. The molecule has 0 saturated carbocycles. The number of hydrogen-bond donors (Lipinski definition) is 1. The number of nitrogens with one attached hydrogen (secondary N) is 1. The predicted molar refractivity (Wildman–Crippen MR) is 110 cm³/mol. The van der Waals surface area contributed by atoms with Gasteiger partial charge in [-0.2, -0.15) is 5.10 Å². The highest BCUT2D eigenvalue weighted by Crippen LogP contribution is 2.29. The van der Waals surface area contributed by atoms with E-state index < -0.39 is 0 Å². The Balaban J connectivity index is 1.33. The van der Waals surface area contributed by atoms with Gasteiger partial charge in [0.2, 0.25) is 5.91 Å². The summed E-state index contributed by atoms with van der Waals surface area (Å²) in [6, 6.07) is 11.9. The number of aromatic nitrogens is 2. The van der Waals surface area contributed by atoms with Crippen molar-refractivity contribution in [3.8, 4) is 0 Å². The highest BCUT2D eigenvalue weighted by atomic mass is 32.1. The van der Waals surface area contributed by atoms with Crippen molar-refractivity contribution >= 4 is 33.4 Å². The molecular weight excluding hydrogens is 372 g/mol. The lowest BCUT2D eigenvalue weighted by Crippen LogP contribution is -2.42. The van der Waals surface area contributed by atoms with Crippen molar-refractivity contribution in [1.29, 1.82) is 0 Å². The van der Waals surface area contributed by atoms with Gasteiger partial charge < -0.3 is 10.2 Å². The van der Waals surface area contributed by atoms with Crippen LogP contribution in [0.3, 0.4) is 0 Å². The smallest absolute Gasteiger partial charge is 0.264 e. The van der Waals surface area contributed by atoms with E-state index in [0.717, 1.165) is 26.4 Å². The van der Waals surface area contributed by atoms with E-state index in [1.807, 2.05) is 60.0 Å². The van der Waals surface area contributed by atoms with Gasteiger partial charge in [0, 0.05) is 38.0 Å². The summed E-state index contributed by atoms with van der Waals surface area (Å²) in [7, 11) is 1.90. The minimum Gasteiger partial charge on any atom is -0.352 e. The van der Waals surface area contributed by atoms with Crippen molar-refractivity contribution in [1.82, 2.24) is 20.0 Å². The van der Waals surface area contributed by atoms with Crippen LogP contribution in [-0.2, 0) is 18.4 Å². The van der Waals surface area contributed by atoms with Gasteiger partial charge >= 0.3 is 0 Å². The van der Waals surface area contributed by atoms with E-state index in [1.165, 1.54) is 11.3 Å². The van der Waals surface area contributed by atoms with Gasteiger partial charge in [0.05, 0.1) is 10.6 Å². The fourth-order valence-electron chi connectivity index (χ4n) is 3.74. The Morgan fingerprint density at radius 2 is 1.93 bits per heavy atom. The molecule has 1 saturated heterocycles. The SMILES string of the molecule is Cc1nn(C)c2sc(C(=O)N3CCC(C(=O)NCc4ccccc4)CC3)cc12. The molecule has 1 aromatic carbocycles. The Morgan fingerprint density at radius 3 is 2.61 bits per heavy atom. The molecule has 0 radical (unpaired) electrons. The molecule has 28 heavy (non-hydrogen) atoms. The van der Waals surface area contributed by atoms with Crippen LogP contribution in [0.2, 0.25) is 0 Å². The van der Waals surface area contributed by atoms with Crippen LogP contribution >= 0.6 is 11.3 Å². The first-order valence-corrected chi connectivity index (χ1v) is 10.4. The molecule has 0 atom stereocenters. The van der Waals surface area contributed by atoms with Crippen LogP contribution in [0, 0.1) is 12.8 Å². The fourth-order valence-corrected chi connectivity index (χ4v) is 4.83. The maximum Gasteiger partial charge on any atom is 0.264 e. The summed E-state index contributed by atoms with van der Waals surface area (Å²) in [5.74, 6) is 0.116. The van der Waals surface area contributed by atoms with E-state index in [1.54, 1.807) is 0 Å². The van der Waals surface area contributed by atoms with Crippen LogP contribution in [0.5, 0.6) is 0 Å². The van der Waals surface area contributed by atoms with E-state index in [2.05, 4.69) is 10.4 Å². The van der Waals surface area contributed by atoms with Crippen LogP contribution < -0.4 is 5.32 Å². The molecule has 1 aliphatic heterocycles. The minimum atomic E-state index is -0.0263. The van der Waals surface area contributed by atoms with Crippen molar-refractivity contribution in [3.63, 3.8) is 0 Å². The van der Waals surface area contributed by atoms with Gasteiger partial charge in [0.25, 0.3) is 5.91 Å². The van der Waals surface area contributed by atoms with Gasteiger partial charge in [-0.05, 0) is 31.4 Å². The van der Waals surface area contributed by atoms with Gasteiger partial charge in [0.1, 0.15) is 4.83 Å². The lowest BCUT2D eigenvalue weighted by atomic mass is 9.95. The normalized spacial score (nSPS) is 15.1. The van der Waals surface area contributed by atoms with Gasteiger partial charge in [0.15, 0.2) is 0 Å². The van der Waals surface area contributed by atoms with E-state index in [-0.39, 0.29) is 17.7 Å². The Kier molecular flexibility index (Phi) is 5.17. The average Bonchev–Trinajstić information content (AvgIpc) is 3.28. The molecule has 1 fully saturated rings. The zero-order chi connectivity index (χ0) is 19.7. The van der Waals surface area contributed by atoms with Crippen LogP contribution in [0.25, 0.3) is 10.2 Å². The van der Waals surface area contributed by atoms with Crippen LogP contribution in [0.4, 0.5) is 0 Å². The van der Waals surface area contributed by atoms with Crippen LogP contribution in [-0.4, -0.2) is 39.6 Å².